The first-order valence-electron chi connectivity index (χ1n) is 15.4. The lowest BCUT2D eigenvalue weighted by Gasteiger charge is -2.39. The quantitative estimate of drug-likeness (QED) is 0.307. The number of nitrogens with zero attached hydrogens (tertiary/aromatic N) is 2. The van der Waals surface area contributed by atoms with E-state index >= 15 is 0 Å². The van der Waals surface area contributed by atoms with Crippen molar-refractivity contribution in [2.24, 2.45) is 0 Å². The zero-order valence-electron chi connectivity index (χ0n) is 25.7. The number of allylic oxidation sites excluding steroid dienone is 7. The molecular formula is C37H48ClN2+. The molecule has 2 unspecified atom stereocenters. The van der Waals surface area contributed by atoms with Gasteiger partial charge >= 0.3 is 0 Å². The van der Waals surface area contributed by atoms with Gasteiger partial charge in [0.2, 0.25) is 0 Å². The lowest BCUT2D eigenvalue weighted by molar-refractivity contribution is 0.242. The summed E-state index contributed by atoms with van der Waals surface area (Å²) in [5.74, 6) is 0. The zero-order valence-corrected chi connectivity index (χ0v) is 26.5. The molecule has 2 aromatic carbocycles. The molecule has 0 saturated heterocycles. The van der Waals surface area contributed by atoms with Crippen LogP contribution in [0.15, 0.2) is 94.7 Å². The molecule has 212 valence electrons. The topological polar surface area (TPSA) is 3.24 Å². The van der Waals surface area contributed by atoms with Crippen LogP contribution in [0.1, 0.15) is 84.8 Å². The Morgan fingerprint density at radius 2 is 1.62 bits per heavy atom. The summed E-state index contributed by atoms with van der Waals surface area (Å²) in [6.45, 7) is 16.3. The molecule has 0 amide bonds. The Hall–Kier alpha value is -2.55. The number of benzene rings is 2. The van der Waals surface area contributed by atoms with E-state index in [0.29, 0.717) is 6.04 Å². The largest absolute Gasteiger partial charge is 0.344 e. The second-order valence-corrected chi connectivity index (χ2v) is 13.6. The van der Waals surface area contributed by atoms with Crippen molar-refractivity contribution in [2.45, 2.75) is 90.5 Å². The lowest BCUT2D eigenvalue weighted by Crippen LogP contribution is -2.55. The average molecular weight is 556 g/mol. The lowest BCUT2D eigenvalue weighted by atomic mass is 9.79. The van der Waals surface area contributed by atoms with Crippen molar-refractivity contribution in [3.8, 4) is 0 Å². The Labute approximate surface area is 248 Å². The van der Waals surface area contributed by atoms with E-state index < -0.39 is 0 Å². The van der Waals surface area contributed by atoms with Gasteiger partial charge in [0.25, 0.3) is 0 Å². The first-order chi connectivity index (χ1) is 19.1. The number of likely N-dealkylation sites (N-methyl/N-ethyl adjacent to an activating group) is 1. The van der Waals surface area contributed by atoms with Gasteiger partial charge in [0.05, 0.1) is 19.0 Å². The van der Waals surface area contributed by atoms with Crippen LogP contribution in [0.3, 0.4) is 0 Å². The molecule has 2 aliphatic heterocycles. The minimum absolute atomic E-state index is 0.0267. The van der Waals surface area contributed by atoms with Gasteiger partial charge in [-0.3, -0.25) is 4.48 Å². The third-order valence-corrected chi connectivity index (χ3v) is 10.3. The van der Waals surface area contributed by atoms with Crippen molar-refractivity contribution in [3.05, 3.63) is 106 Å². The highest BCUT2D eigenvalue weighted by Crippen LogP contribution is 2.50. The normalized spacial score (nSPS) is 27.2. The van der Waals surface area contributed by atoms with Crippen LogP contribution in [0.25, 0.3) is 0 Å². The number of anilines is 1. The number of fused-ring (bicyclic) bond motifs is 2. The highest BCUT2D eigenvalue weighted by atomic mass is 35.5. The molecule has 3 heteroatoms. The van der Waals surface area contributed by atoms with Crippen LogP contribution in [0.2, 0.25) is 0 Å². The van der Waals surface area contributed by atoms with Crippen molar-refractivity contribution >= 4 is 23.0 Å². The van der Waals surface area contributed by atoms with Crippen molar-refractivity contribution < 1.29 is 0 Å². The van der Waals surface area contributed by atoms with Crippen molar-refractivity contribution in [3.63, 3.8) is 0 Å². The molecule has 0 saturated carbocycles. The van der Waals surface area contributed by atoms with Crippen LogP contribution >= 0.6 is 11.6 Å². The fourth-order valence-corrected chi connectivity index (χ4v) is 8.16. The van der Waals surface area contributed by atoms with Crippen molar-refractivity contribution in [1.29, 1.82) is 0 Å². The molecular weight excluding hydrogens is 508 g/mol. The predicted octanol–water partition coefficient (Wildman–Crippen LogP) is 9.94. The van der Waals surface area contributed by atoms with E-state index in [9.17, 15) is 0 Å². The first kappa shape index (κ1) is 29.0. The molecule has 0 bridgehead atoms. The summed E-state index contributed by atoms with van der Waals surface area (Å²) in [4.78, 5) is 2.51. The summed E-state index contributed by atoms with van der Waals surface area (Å²) >= 11 is 7.18. The van der Waals surface area contributed by atoms with Crippen molar-refractivity contribution in [2.75, 3.05) is 25.0 Å². The molecule has 0 fully saturated rings. The Bertz CT molecular complexity index is 1390. The second-order valence-electron chi connectivity index (χ2n) is 13.3. The van der Waals surface area contributed by atoms with Gasteiger partial charge < -0.3 is 4.90 Å². The highest BCUT2D eigenvalue weighted by molar-refractivity contribution is 6.32. The summed E-state index contributed by atoms with van der Waals surface area (Å²) in [6, 6.07) is 18.3. The maximum absolute atomic E-state index is 7.18. The Balaban J connectivity index is 1.48. The molecule has 0 spiro atoms. The molecule has 2 aromatic rings. The first-order valence-corrected chi connectivity index (χ1v) is 15.8. The van der Waals surface area contributed by atoms with E-state index in [1.54, 1.807) is 0 Å². The van der Waals surface area contributed by atoms with E-state index in [2.05, 4.69) is 126 Å². The minimum Gasteiger partial charge on any atom is -0.344 e. The smallest absolute Gasteiger partial charge is 0.137 e. The van der Waals surface area contributed by atoms with Gasteiger partial charge in [-0.15, -0.1) is 0 Å². The summed E-state index contributed by atoms with van der Waals surface area (Å²) in [6.07, 6.45) is 15.0. The number of para-hydroxylation sites is 2. The molecule has 2 atom stereocenters. The van der Waals surface area contributed by atoms with Crippen LogP contribution < -0.4 is 9.38 Å². The molecule has 1 aliphatic carbocycles. The van der Waals surface area contributed by atoms with E-state index in [1.807, 2.05) is 0 Å². The monoisotopic (exact) mass is 555 g/mol. The summed E-state index contributed by atoms with van der Waals surface area (Å²) in [5.41, 5.74) is 9.67. The molecule has 0 radical (unpaired) electrons. The summed E-state index contributed by atoms with van der Waals surface area (Å²) in [5, 5.41) is 0.952. The second kappa shape index (κ2) is 11.0. The van der Waals surface area contributed by atoms with E-state index in [0.717, 1.165) is 54.7 Å². The summed E-state index contributed by atoms with van der Waals surface area (Å²) in [7, 11) is 2.42. The zero-order chi connectivity index (χ0) is 28.7. The standard InChI is InChI=1S/C37H48ClN2/c1-8-25-39-31-19-12-10-17-29(31)36(3,4)33(39)23-21-27-15-14-16-28(35(27)38)22-24-34-37(5,6)30-18-11-13-20-32(30)40(34,7)26-9-2/h10-13,17-24,34H,8-9,14-16,25-26H2,1-7H3/q+1/b24-22+,27-21+,33-23+. The van der Waals surface area contributed by atoms with Crippen LogP contribution in [-0.4, -0.2) is 26.2 Å². The number of quaternary nitrogens is 1. The number of hydrogen-bond donors (Lipinski definition) is 0. The minimum atomic E-state index is -0.0267. The third kappa shape index (κ3) is 4.72. The van der Waals surface area contributed by atoms with Gasteiger partial charge in [0.1, 0.15) is 11.7 Å². The Kier molecular flexibility index (Phi) is 7.98. The van der Waals surface area contributed by atoms with E-state index in [4.69, 9.17) is 11.6 Å². The number of rotatable bonds is 7. The molecule has 2 nitrogen and oxygen atoms in total. The highest BCUT2D eigenvalue weighted by Gasteiger charge is 2.53. The molecule has 0 N–H and O–H groups in total. The van der Waals surface area contributed by atoms with Gasteiger partial charge in [-0.25, -0.2) is 0 Å². The van der Waals surface area contributed by atoms with Crippen LogP contribution in [-0.2, 0) is 10.8 Å². The van der Waals surface area contributed by atoms with Gasteiger partial charge in [-0.1, -0.05) is 87.8 Å². The van der Waals surface area contributed by atoms with E-state index in [1.165, 1.54) is 39.3 Å². The van der Waals surface area contributed by atoms with Gasteiger partial charge in [0, 0.05) is 33.9 Å². The third-order valence-electron chi connectivity index (χ3n) is 9.81. The fraction of sp³-hybridized carbons (Fsp3) is 0.459. The van der Waals surface area contributed by atoms with Crippen LogP contribution in [0.4, 0.5) is 11.4 Å². The predicted molar refractivity (Wildman–Crippen MR) is 175 cm³/mol. The molecule has 2 heterocycles. The number of halogens is 1. The van der Waals surface area contributed by atoms with E-state index in [-0.39, 0.29) is 10.8 Å². The van der Waals surface area contributed by atoms with Gasteiger partial charge in [0.15, 0.2) is 0 Å². The molecule has 0 aromatic heterocycles. The maximum atomic E-state index is 7.18. The van der Waals surface area contributed by atoms with Gasteiger partial charge in [-0.05, 0) is 86.9 Å². The SMILES string of the molecule is CCCN1/C(=C/C=C2\CCCC(/C=C/C3C(C)(C)c4ccccc4[N+]3(C)CCC)=C2Cl)C(C)(C)c2ccccc21. The van der Waals surface area contributed by atoms with Gasteiger partial charge in [-0.2, -0.15) is 0 Å². The Morgan fingerprint density at radius 3 is 2.35 bits per heavy atom. The van der Waals surface area contributed by atoms with Crippen LogP contribution in [0, 0.1) is 0 Å². The van der Waals surface area contributed by atoms with Crippen molar-refractivity contribution in [1.82, 2.24) is 4.48 Å². The number of hydrogen-bond acceptors (Lipinski definition) is 1. The Morgan fingerprint density at radius 1 is 0.925 bits per heavy atom. The average Bonchev–Trinajstić information content (AvgIpc) is 3.24. The maximum Gasteiger partial charge on any atom is 0.137 e. The molecule has 3 aliphatic rings. The van der Waals surface area contributed by atoms with Crippen LogP contribution in [0.5, 0.6) is 0 Å². The molecule has 5 rings (SSSR count). The molecule has 40 heavy (non-hydrogen) atoms. The summed E-state index contributed by atoms with van der Waals surface area (Å²) < 4.78 is 0.957. The fourth-order valence-electron chi connectivity index (χ4n) is 7.84.